The molecule has 0 N–H and O–H groups in total. The number of carbonyl (C=O) groups excluding carboxylic acids is 1. The lowest BCUT2D eigenvalue weighted by atomic mass is 10.2. The number of nitrogens with zero attached hydrogens (tertiary/aromatic N) is 2. The van der Waals surface area contributed by atoms with Gasteiger partial charge in [0.25, 0.3) is 0 Å². The van der Waals surface area contributed by atoms with Crippen molar-refractivity contribution in [1.29, 1.82) is 0 Å². The fourth-order valence-electron chi connectivity index (χ4n) is 1.55. The highest BCUT2D eigenvalue weighted by molar-refractivity contribution is 5.70. The summed E-state index contributed by atoms with van der Waals surface area (Å²) in [5, 5.41) is 0. The fourth-order valence-corrected chi connectivity index (χ4v) is 1.55. The lowest BCUT2D eigenvalue weighted by Gasteiger charge is -2.21. The van der Waals surface area contributed by atoms with Gasteiger partial charge < -0.3 is 9.64 Å². The summed E-state index contributed by atoms with van der Waals surface area (Å²) in [6.45, 7) is 7.14. The molecule has 0 radical (unpaired) electrons. The Morgan fingerprint density at radius 1 is 1.33 bits per heavy atom. The Bertz CT molecular complexity index is 371. The van der Waals surface area contributed by atoms with Gasteiger partial charge in [-0.3, -0.25) is 9.78 Å². The summed E-state index contributed by atoms with van der Waals surface area (Å²) >= 11 is 0. The first-order valence-electron chi connectivity index (χ1n) is 6.16. The van der Waals surface area contributed by atoms with Crippen molar-refractivity contribution in [3.63, 3.8) is 0 Å². The van der Waals surface area contributed by atoms with Crippen molar-refractivity contribution < 1.29 is 9.53 Å². The number of aromatic nitrogens is 1. The minimum absolute atomic E-state index is 0.149. The fraction of sp³-hybridized carbons (Fsp3) is 0.571. The Morgan fingerprint density at radius 3 is 2.50 bits per heavy atom. The van der Waals surface area contributed by atoms with Crippen LogP contribution < -0.4 is 0 Å². The Hall–Kier alpha value is -1.42. The molecule has 0 aliphatic rings. The van der Waals surface area contributed by atoms with Gasteiger partial charge in [0.1, 0.15) is 5.60 Å². The van der Waals surface area contributed by atoms with E-state index in [0.29, 0.717) is 13.0 Å². The number of hydrogen-bond acceptors (Lipinski definition) is 4. The number of carbonyl (C=O) groups is 1. The van der Waals surface area contributed by atoms with Gasteiger partial charge in [0.05, 0.1) is 6.42 Å². The number of ether oxygens (including phenoxy) is 1. The summed E-state index contributed by atoms with van der Waals surface area (Å²) < 4.78 is 5.26. The van der Waals surface area contributed by atoms with Gasteiger partial charge in [-0.1, -0.05) is 0 Å². The average Bonchev–Trinajstić information content (AvgIpc) is 2.25. The summed E-state index contributed by atoms with van der Waals surface area (Å²) in [7, 11) is 1.99. The average molecular weight is 250 g/mol. The Morgan fingerprint density at radius 2 is 1.94 bits per heavy atom. The van der Waals surface area contributed by atoms with E-state index < -0.39 is 5.60 Å². The molecule has 1 rings (SSSR count). The van der Waals surface area contributed by atoms with E-state index in [1.54, 1.807) is 12.4 Å². The highest BCUT2D eigenvalue weighted by Crippen LogP contribution is 2.09. The molecular formula is C14H22N2O2. The third-order valence-corrected chi connectivity index (χ3v) is 2.32. The molecule has 0 bridgehead atoms. The molecule has 1 aromatic heterocycles. The molecule has 0 aliphatic heterocycles. The zero-order valence-electron chi connectivity index (χ0n) is 11.6. The van der Waals surface area contributed by atoms with Crippen molar-refractivity contribution in [3.05, 3.63) is 30.1 Å². The van der Waals surface area contributed by atoms with Gasteiger partial charge in [0, 0.05) is 25.5 Å². The second kappa shape index (κ2) is 6.50. The van der Waals surface area contributed by atoms with Crippen LogP contribution >= 0.6 is 0 Å². The number of rotatable bonds is 5. The molecule has 4 nitrogen and oxygen atoms in total. The number of hydrogen-bond donors (Lipinski definition) is 0. The lowest BCUT2D eigenvalue weighted by molar-refractivity contribution is -0.155. The molecule has 0 amide bonds. The molecule has 0 aliphatic carbocycles. The Balaban J connectivity index is 2.29. The van der Waals surface area contributed by atoms with Crippen LogP contribution in [-0.4, -0.2) is 35.0 Å². The molecule has 100 valence electrons. The van der Waals surface area contributed by atoms with Crippen LogP contribution in [-0.2, 0) is 16.1 Å². The van der Waals surface area contributed by atoms with Gasteiger partial charge >= 0.3 is 5.97 Å². The van der Waals surface area contributed by atoms with Gasteiger partial charge in [0.2, 0.25) is 0 Å². The first kappa shape index (κ1) is 14.6. The van der Waals surface area contributed by atoms with E-state index in [1.165, 1.54) is 5.56 Å². The molecule has 0 fully saturated rings. The maximum Gasteiger partial charge on any atom is 0.307 e. The second-order valence-corrected chi connectivity index (χ2v) is 5.43. The topological polar surface area (TPSA) is 42.4 Å². The molecule has 1 heterocycles. The lowest BCUT2D eigenvalue weighted by Crippen LogP contribution is -2.27. The summed E-state index contributed by atoms with van der Waals surface area (Å²) in [6, 6.07) is 3.95. The van der Waals surface area contributed by atoms with Crippen molar-refractivity contribution in [2.45, 2.75) is 39.3 Å². The van der Waals surface area contributed by atoms with Crippen LogP contribution in [0.25, 0.3) is 0 Å². The van der Waals surface area contributed by atoms with E-state index >= 15 is 0 Å². The highest BCUT2D eigenvalue weighted by atomic mass is 16.6. The van der Waals surface area contributed by atoms with E-state index in [4.69, 9.17) is 4.74 Å². The first-order valence-corrected chi connectivity index (χ1v) is 6.16. The summed E-state index contributed by atoms with van der Waals surface area (Å²) in [5.74, 6) is -0.149. The maximum atomic E-state index is 11.6. The molecule has 4 heteroatoms. The van der Waals surface area contributed by atoms with Gasteiger partial charge in [-0.05, 0) is 45.5 Å². The molecule has 0 saturated carbocycles. The minimum atomic E-state index is -0.402. The summed E-state index contributed by atoms with van der Waals surface area (Å²) in [6.07, 6.45) is 3.97. The van der Waals surface area contributed by atoms with Crippen LogP contribution in [0.5, 0.6) is 0 Å². The first-order chi connectivity index (χ1) is 8.37. The molecular weight excluding hydrogens is 228 g/mol. The molecule has 18 heavy (non-hydrogen) atoms. The third kappa shape index (κ3) is 6.35. The van der Waals surface area contributed by atoms with Crippen LogP contribution in [0, 0.1) is 0 Å². The number of pyridine rings is 1. The summed E-state index contributed by atoms with van der Waals surface area (Å²) in [5.41, 5.74) is 0.789. The highest BCUT2D eigenvalue weighted by Gasteiger charge is 2.16. The molecule has 0 spiro atoms. The monoisotopic (exact) mass is 250 g/mol. The zero-order chi connectivity index (χ0) is 13.6. The van der Waals surface area contributed by atoms with Crippen molar-refractivity contribution in [2.75, 3.05) is 13.6 Å². The SMILES string of the molecule is CN(CCC(=O)OC(C)(C)C)Cc1ccncc1. The van der Waals surface area contributed by atoms with Crippen LogP contribution in [0.2, 0.25) is 0 Å². The molecule has 0 unspecified atom stereocenters. The van der Waals surface area contributed by atoms with Crippen LogP contribution in [0.1, 0.15) is 32.8 Å². The van der Waals surface area contributed by atoms with Gasteiger partial charge in [-0.25, -0.2) is 0 Å². The van der Waals surface area contributed by atoms with Crippen molar-refractivity contribution >= 4 is 5.97 Å². The van der Waals surface area contributed by atoms with E-state index in [1.807, 2.05) is 40.0 Å². The van der Waals surface area contributed by atoms with E-state index in [2.05, 4.69) is 9.88 Å². The van der Waals surface area contributed by atoms with E-state index in [-0.39, 0.29) is 5.97 Å². The van der Waals surface area contributed by atoms with Crippen LogP contribution in [0.4, 0.5) is 0 Å². The Kier molecular flexibility index (Phi) is 5.28. The number of esters is 1. The molecule has 0 atom stereocenters. The molecule has 0 saturated heterocycles. The van der Waals surface area contributed by atoms with E-state index in [9.17, 15) is 4.79 Å². The molecule has 0 aromatic carbocycles. The summed E-state index contributed by atoms with van der Waals surface area (Å²) in [4.78, 5) is 17.6. The third-order valence-electron chi connectivity index (χ3n) is 2.32. The van der Waals surface area contributed by atoms with E-state index in [0.717, 1.165) is 6.54 Å². The van der Waals surface area contributed by atoms with Crippen LogP contribution in [0.15, 0.2) is 24.5 Å². The standard InChI is InChI=1S/C14H22N2O2/c1-14(2,3)18-13(17)7-10-16(4)11-12-5-8-15-9-6-12/h5-6,8-9H,7,10-11H2,1-4H3. The molecule has 1 aromatic rings. The van der Waals surface area contributed by atoms with Gasteiger partial charge in [-0.15, -0.1) is 0 Å². The van der Waals surface area contributed by atoms with Crippen molar-refractivity contribution in [1.82, 2.24) is 9.88 Å². The van der Waals surface area contributed by atoms with Gasteiger partial charge in [0.15, 0.2) is 0 Å². The smallest absolute Gasteiger partial charge is 0.307 e. The largest absolute Gasteiger partial charge is 0.460 e. The van der Waals surface area contributed by atoms with Crippen molar-refractivity contribution in [2.24, 2.45) is 0 Å². The predicted molar refractivity (Wildman–Crippen MR) is 71.0 cm³/mol. The second-order valence-electron chi connectivity index (χ2n) is 5.43. The maximum absolute atomic E-state index is 11.6. The quantitative estimate of drug-likeness (QED) is 0.752. The zero-order valence-corrected chi connectivity index (χ0v) is 11.6. The minimum Gasteiger partial charge on any atom is -0.460 e. The normalized spacial score (nSPS) is 11.6. The predicted octanol–water partition coefficient (Wildman–Crippen LogP) is 2.25. The Labute approximate surface area is 109 Å². The van der Waals surface area contributed by atoms with Crippen molar-refractivity contribution in [3.8, 4) is 0 Å². The van der Waals surface area contributed by atoms with Crippen LogP contribution in [0.3, 0.4) is 0 Å². The van der Waals surface area contributed by atoms with Gasteiger partial charge in [-0.2, -0.15) is 0 Å².